The van der Waals surface area contributed by atoms with Gasteiger partial charge in [0.15, 0.2) is 5.82 Å². The maximum absolute atomic E-state index is 6.03. The maximum Gasteiger partial charge on any atom is 0.180 e. The Hall–Kier alpha value is -3.54. The van der Waals surface area contributed by atoms with Gasteiger partial charge in [0.1, 0.15) is 12.4 Å². The zero-order valence-corrected chi connectivity index (χ0v) is 16.6. The second-order valence-corrected chi connectivity index (χ2v) is 6.77. The Bertz CT molecular complexity index is 1050. The lowest BCUT2D eigenvalue weighted by molar-refractivity contribution is 0.305. The van der Waals surface area contributed by atoms with E-state index in [0.29, 0.717) is 12.4 Å². The van der Waals surface area contributed by atoms with E-state index in [4.69, 9.17) is 4.74 Å². The monoisotopic (exact) mass is 385 g/mol. The summed E-state index contributed by atoms with van der Waals surface area (Å²) in [6.07, 6.45) is 1.80. The van der Waals surface area contributed by atoms with Crippen LogP contribution in [0, 0.1) is 0 Å². The first kappa shape index (κ1) is 18.8. The number of nitrogens with zero attached hydrogens (tertiary/aromatic N) is 4. The van der Waals surface area contributed by atoms with Crippen LogP contribution < -0.4 is 4.74 Å². The summed E-state index contributed by atoms with van der Waals surface area (Å²) in [6.45, 7) is 4.73. The van der Waals surface area contributed by atoms with Crippen LogP contribution in [-0.4, -0.2) is 25.6 Å². The minimum atomic E-state index is 0.518. The summed E-state index contributed by atoms with van der Waals surface area (Å²) in [5, 5.41) is 14.2. The molecule has 0 aliphatic carbocycles. The Morgan fingerprint density at radius 1 is 0.862 bits per heavy atom. The first-order valence-electron chi connectivity index (χ1n) is 9.82. The average molecular weight is 385 g/mol. The fourth-order valence-corrected chi connectivity index (χ4v) is 3.23. The SMILES string of the molecule is CCc1cc(OCc2ccc(-c3ccccc3-c3nnn[nH]3)cc2)cc(CC)n1. The molecule has 2 heterocycles. The summed E-state index contributed by atoms with van der Waals surface area (Å²) in [7, 11) is 0. The molecule has 0 spiro atoms. The second kappa shape index (κ2) is 8.65. The fraction of sp³-hybridized carbons (Fsp3) is 0.217. The number of aromatic amines is 1. The van der Waals surface area contributed by atoms with Crippen LogP contribution in [-0.2, 0) is 19.4 Å². The molecule has 0 atom stereocenters. The Morgan fingerprint density at radius 2 is 1.55 bits per heavy atom. The molecule has 0 unspecified atom stereocenters. The summed E-state index contributed by atoms with van der Waals surface area (Å²) < 4.78 is 6.03. The van der Waals surface area contributed by atoms with E-state index in [1.54, 1.807) is 0 Å². The summed E-state index contributed by atoms with van der Waals surface area (Å²) in [6, 6.07) is 20.5. The van der Waals surface area contributed by atoms with Crippen molar-refractivity contribution in [2.75, 3.05) is 0 Å². The highest BCUT2D eigenvalue weighted by Gasteiger charge is 2.10. The number of nitrogens with one attached hydrogen (secondary N) is 1. The molecule has 6 heteroatoms. The molecule has 2 aromatic heterocycles. The minimum Gasteiger partial charge on any atom is -0.489 e. The van der Waals surface area contributed by atoms with Crippen LogP contribution in [0.25, 0.3) is 22.5 Å². The molecule has 1 N–H and O–H groups in total. The van der Waals surface area contributed by atoms with Crippen LogP contribution in [0.4, 0.5) is 0 Å². The number of hydrogen-bond acceptors (Lipinski definition) is 5. The maximum atomic E-state index is 6.03. The lowest BCUT2D eigenvalue weighted by Gasteiger charge is -2.11. The fourth-order valence-electron chi connectivity index (χ4n) is 3.23. The number of aromatic nitrogens is 5. The van der Waals surface area contributed by atoms with Crippen molar-refractivity contribution in [1.29, 1.82) is 0 Å². The largest absolute Gasteiger partial charge is 0.489 e. The molecule has 0 saturated carbocycles. The number of aryl methyl sites for hydroxylation is 2. The lowest BCUT2D eigenvalue weighted by atomic mass is 9.98. The molecule has 0 bridgehead atoms. The highest BCUT2D eigenvalue weighted by molar-refractivity contribution is 5.80. The molecule has 146 valence electrons. The molecule has 29 heavy (non-hydrogen) atoms. The zero-order chi connectivity index (χ0) is 20.1. The quantitative estimate of drug-likeness (QED) is 0.502. The number of rotatable bonds is 7. The molecule has 0 radical (unpaired) electrons. The molecule has 2 aromatic carbocycles. The summed E-state index contributed by atoms with van der Waals surface area (Å²) in [5.41, 5.74) is 6.39. The Morgan fingerprint density at radius 3 is 2.17 bits per heavy atom. The van der Waals surface area contributed by atoms with Gasteiger partial charge < -0.3 is 4.74 Å². The van der Waals surface area contributed by atoms with E-state index in [0.717, 1.165) is 52.2 Å². The summed E-state index contributed by atoms with van der Waals surface area (Å²) >= 11 is 0. The van der Waals surface area contributed by atoms with Crippen molar-refractivity contribution in [1.82, 2.24) is 25.6 Å². The number of hydrogen-bond donors (Lipinski definition) is 1. The van der Waals surface area contributed by atoms with Crippen molar-refractivity contribution < 1.29 is 4.74 Å². The number of pyridine rings is 1. The predicted octanol–water partition coefficient (Wildman–Crippen LogP) is 4.63. The van der Waals surface area contributed by atoms with Crippen molar-refractivity contribution in [2.45, 2.75) is 33.3 Å². The van der Waals surface area contributed by atoms with Crippen LogP contribution >= 0.6 is 0 Å². The third kappa shape index (κ3) is 4.32. The van der Waals surface area contributed by atoms with Crippen LogP contribution in [0.5, 0.6) is 5.75 Å². The molecule has 4 rings (SSSR count). The van der Waals surface area contributed by atoms with Gasteiger partial charge in [-0.1, -0.05) is 62.4 Å². The molecule has 0 aliphatic heterocycles. The number of benzene rings is 2. The van der Waals surface area contributed by atoms with Gasteiger partial charge in [0, 0.05) is 29.1 Å². The standard InChI is InChI=1S/C23H23N5O/c1-3-18-13-20(14-19(4-2)24-18)29-15-16-9-11-17(12-10-16)21-7-5-6-8-22(21)23-25-27-28-26-23/h5-14H,3-4,15H2,1-2H3,(H,25,26,27,28). The van der Waals surface area contributed by atoms with Crippen LogP contribution in [0.1, 0.15) is 30.8 Å². The van der Waals surface area contributed by atoms with E-state index < -0.39 is 0 Å². The van der Waals surface area contributed by atoms with Gasteiger partial charge in [-0.15, -0.1) is 5.10 Å². The Labute approximate surface area is 170 Å². The van der Waals surface area contributed by atoms with Gasteiger partial charge in [0.25, 0.3) is 0 Å². The van der Waals surface area contributed by atoms with Crippen LogP contribution in [0.2, 0.25) is 0 Å². The lowest BCUT2D eigenvalue weighted by Crippen LogP contribution is -1.99. The first-order chi connectivity index (χ1) is 14.3. The number of tetrazole rings is 1. The van der Waals surface area contributed by atoms with Gasteiger partial charge in [0.2, 0.25) is 0 Å². The van der Waals surface area contributed by atoms with E-state index >= 15 is 0 Å². The van der Waals surface area contributed by atoms with Crippen LogP contribution in [0.15, 0.2) is 60.7 Å². The van der Waals surface area contributed by atoms with E-state index in [1.807, 2.05) is 30.3 Å². The van der Waals surface area contributed by atoms with Gasteiger partial charge in [-0.25, -0.2) is 5.10 Å². The first-order valence-corrected chi connectivity index (χ1v) is 9.82. The number of ether oxygens (including phenoxy) is 1. The van der Waals surface area contributed by atoms with Gasteiger partial charge in [-0.3, -0.25) is 4.98 Å². The molecule has 4 aromatic rings. The van der Waals surface area contributed by atoms with Crippen LogP contribution in [0.3, 0.4) is 0 Å². The second-order valence-electron chi connectivity index (χ2n) is 6.77. The highest BCUT2D eigenvalue weighted by Crippen LogP contribution is 2.29. The van der Waals surface area contributed by atoms with Gasteiger partial charge >= 0.3 is 0 Å². The van der Waals surface area contributed by atoms with Gasteiger partial charge in [-0.05, 0) is 40.0 Å². The van der Waals surface area contributed by atoms with Crippen molar-refractivity contribution in [2.24, 2.45) is 0 Å². The summed E-state index contributed by atoms with van der Waals surface area (Å²) in [5.74, 6) is 1.53. The minimum absolute atomic E-state index is 0.518. The van der Waals surface area contributed by atoms with E-state index in [9.17, 15) is 0 Å². The van der Waals surface area contributed by atoms with Crippen molar-refractivity contribution >= 4 is 0 Å². The van der Waals surface area contributed by atoms with E-state index in [-0.39, 0.29) is 0 Å². The van der Waals surface area contributed by atoms with Gasteiger partial charge in [0.05, 0.1) is 0 Å². The highest BCUT2D eigenvalue weighted by atomic mass is 16.5. The number of H-pyrrole nitrogens is 1. The molecular weight excluding hydrogens is 362 g/mol. The third-order valence-electron chi connectivity index (χ3n) is 4.83. The van der Waals surface area contributed by atoms with Crippen molar-refractivity contribution in [3.8, 4) is 28.3 Å². The molecular formula is C23H23N5O. The molecule has 0 fully saturated rings. The van der Waals surface area contributed by atoms with Crippen molar-refractivity contribution in [3.63, 3.8) is 0 Å². The zero-order valence-electron chi connectivity index (χ0n) is 16.6. The average Bonchev–Trinajstić information content (AvgIpc) is 3.32. The topological polar surface area (TPSA) is 76.6 Å². The van der Waals surface area contributed by atoms with E-state index in [2.05, 4.69) is 69.8 Å². The normalized spacial score (nSPS) is 10.8. The Kier molecular flexibility index (Phi) is 5.61. The third-order valence-corrected chi connectivity index (χ3v) is 4.83. The molecule has 0 saturated heterocycles. The van der Waals surface area contributed by atoms with Gasteiger partial charge in [-0.2, -0.15) is 0 Å². The van der Waals surface area contributed by atoms with Crippen molar-refractivity contribution in [3.05, 3.63) is 77.6 Å². The molecule has 0 aliphatic rings. The molecule has 0 amide bonds. The van der Waals surface area contributed by atoms with E-state index in [1.165, 1.54) is 0 Å². The smallest absolute Gasteiger partial charge is 0.180 e. The summed E-state index contributed by atoms with van der Waals surface area (Å²) in [4.78, 5) is 4.60. The predicted molar refractivity (Wildman–Crippen MR) is 112 cm³/mol. The Balaban J connectivity index is 1.51. The molecule has 6 nitrogen and oxygen atoms in total.